The van der Waals surface area contributed by atoms with Gasteiger partial charge in [0.25, 0.3) is 5.91 Å². The van der Waals surface area contributed by atoms with Crippen LogP contribution in [0.4, 0.5) is 10.8 Å². The lowest BCUT2D eigenvalue weighted by molar-refractivity contribution is -0.114. The van der Waals surface area contributed by atoms with E-state index in [9.17, 15) is 9.59 Å². The van der Waals surface area contributed by atoms with Crippen LogP contribution < -0.4 is 10.6 Å². The highest BCUT2D eigenvalue weighted by Gasteiger charge is 2.14. The first-order chi connectivity index (χ1) is 12.1. The molecule has 2 N–H and O–H groups in total. The third kappa shape index (κ3) is 3.11. The third-order valence-corrected chi connectivity index (χ3v) is 5.55. The minimum atomic E-state index is -0.168. The van der Waals surface area contributed by atoms with Gasteiger partial charge in [-0.05, 0) is 24.3 Å². The van der Waals surface area contributed by atoms with E-state index in [2.05, 4.69) is 15.6 Å². The first kappa shape index (κ1) is 15.7. The summed E-state index contributed by atoms with van der Waals surface area (Å²) in [5, 5.41) is 8.96. The first-order valence-corrected chi connectivity index (χ1v) is 9.25. The summed E-state index contributed by atoms with van der Waals surface area (Å²) in [6.45, 7) is 1.47. The summed E-state index contributed by atoms with van der Waals surface area (Å²) in [6.07, 6.45) is 0. The van der Waals surface area contributed by atoms with E-state index in [1.165, 1.54) is 18.3 Å². The molecule has 0 atom stereocenters. The molecule has 5 nitrogen and oxygen atoms in total. The first-order valence-electron chi connectivity index (χ1n) is 7.56. The molecular formula is C18H13N3O2S2. The number of amides is 2. The van der Waals surface area contributed by atoms with E-state index in [1.807, 2.05) is 41.8 Å². The van der Waals surface area contributed by atoms with Gasteiger partial charge in [-0.3, -0.25) is 14.9 Å². The van der Waals surface area contributed by atoms with Crippen molar-refractivity contribution in [3.63, 3.8) is 0 Å². The predicted octanol–water partition coefficient (Wildman–Crippen LogP) is 4.72. The Hall–Kier alpha value is -2.77. The van der Waals surface area contributed by atoms with Crippen LogP contribution in [0, 0.1) is 0 Å². The van der Waals surface area contributed by atoms with Crippen molar-refractivity contribution < 1.29 is 9.59 Å². The quantitative estimate of drug-likeness (QED) is 0.550. The molecule has 0 saturated carbocycles. The number of thiophene rings is 1. The van der Waals surface area contributed by atoms with E-state index in [0.29, 0.717) is 16.4 Å². The Labute approximate surface area is 151 Å². The Bertz CT molecular complexity index is 1110. The van der Waals surface area contributed by atoms with Crippen molar-refractivity contribution in [1.82, 2.24) is 4.98 Å². The van der Waals surface area contributed by atoms with Gasteiger partial charge in [-0.1, -0.05) is 29.5 Å². The standard InChI is InChI=1S/C18H13N3O2S2/c1-10(22)19-11-6-7-14-16(8-11)25-18(20-14)21-17(23)13-9-24-15-5-3-2-4-12(13)15/h2-9H,1H3,(H,19,22)(H,20,21,23). The lowest BCUT2D eigenvalue weighted by Crippen LogP contribution is -2.10. The number of hydrogen-bond acceptors (Lipinski definition) is 5. The summed E-state index contributed by atoms with van der Waals surface area (Å²) in [4.78, 5) is 28.2. The number of anilines is 2. The van der Waals surface area contributed by atoms with Crippen LogP contribution in [0.3, 0.4) is 0 Å². The SMILES string of the molecule is CC(=O)Nc1ccc2nc(NC(=O)c3csc4ccccc34)sc2c1. The van der Waals surface area contributed by atoms with Gasteiger partial charge in [-0.25, -0.2) is 4.98 Å². The number of benzene rings is 2. The van der Waals surface area contributed by atoms with Crippen LogP contribution in [0.25, 0.3) is 20.3 Å². The van der Waals surface area contributed by atoms with E-state index >= 15 is 0 Å². The Balaban J connectivity index is 1.61. The van der Waals surface area contributed by atoms with Crippen LogP contribution in [0.1, 0.15) is 17.3 Å². The van der Waals surface area contributed by atoms with Crippen molar-refractivity contribution in [2.75, 3.05) is 10.6 Å². The van der Waals surface area contributed by atoms with Crippen LogP contribution >= 0.6 is 22.7 Å². The molecule has 2 heterocycles. The summed E-state index contributed by atoms with van der Waals surface area (Å²) in [5.41, 5.74) is 2.15. The molecule has 0 unspecified atom stereocenters. The predicted molar refractivity (Wildman–Crippen MR) is 104 cm³/mol. The summed E-state index contributed by atoms with van der Waals surface area (Å²) in [7, 11) is 0. The van der Waals surface area contributed by atoms with E-state index in [0.717, 1.165) is 20.3 Å². The highest BCUT2D eigenvalue weighted by atomic mass is 32.1. The van der Waals surface area contributed by atoms with E-state index in [4.69, 9.17) is 0 Å². The third-order valence-electron chi connectivity index (χ3n) is 3.65. The second-order valence-corrected chi connectivity index (χ2v) is 7.42. The smallest absolute Gasteiger partial charge is 0.258 e. The molecule has 2 aromatic carbocycles. The zero-order valence-corrected chi connectivity index (χ0v) is 14.8. The molecule has 0 radical (unpaired) electrons. The van der Waals surface area contributed by atoms with Gasteiger partial charge in [0.1, 0.15) is 0 Å². The minimum absolute atomic E-state index is 0.123. The molecule has 0 aliphatic carbocycles. The number of thiazole rings is 1. The Morgan fingerprint density at radius 2 is 1.88 bits per heavy atom. The molecular weight excluding hydrogens is 354 g/mol. The minimum Gasteiger partial charge on any atom is -0.326 e. The number of aromatic nitrogens is 1. The molecule has 0 fully saturated rings. The number of hydrogen-bond donors (Lipinski definition) is 2. The zero-order chi connectivity index (χ0) is 17.4. The summed E-state index contributed by atoms with van der Waals surface area (Å²) in [5.74, 6) is -0.291. The van der Waals surface area contributed by atoms with Crippen molar-refractivity contribution in [3.05, 3.63) is 53.4 Å². The molecule has 0 aliphatic rings. The maximum absolute atomic E-state index is 12.6. The van der Waals surface area contributed by atoms with Crippen LogP contribution in [0.2, 0.25) is 0 Å². The fourth-order valence-corrected chi connectivity index (χ4v) is 4.42. The number of carbonyl (C=O) groups excluding carboxylic acids is 2. The molecule has 0 saturated heterocycles. The Morgan fingerprint density at radius 3 is 2.72 bits per heavy atom. The molecule has 4 rings (SSSR count). The highest BCUT2D eigenvalue weighted by Crippen LogP contribution is 2.30. The topological polar surface area (TPSA) is 71.1 Å². The summed E-state index contributed by atoms with van der Waals surface area (Å²) >= 11 is 2.93. The van der Waals surface area contributed by atoms with Crippen molar-refractivity contribution >= 4 is 65.6 Å². The van der Waals surface area contributed by atoms with Gasteiger partial charge < -0.3 is 5.32 Å². The maximum atomic E-state index is 12.6. The van der Waals surface area contributed by atoms with Crippen LogP contribution in [0.5, 0.6) is 0 Å². The van der Waals surface area contributed by atoms with Gasteiger partial charge in [-0.2, -0.15) is 0 Å². The van der Waals surface area contributed by atoms with Crippen molar-refractivity contribution in [2.45, 2.75) is 6.92 Å². The molecule has 0 aliphatic heterocycles. The average Bonchev–Trinajstić information content (AvgIpc) is 3.17. The number of nitrogens with one attached hydrogen (secondary N) is 2. The number of nitrogens with zero attached hydrogens (tertiary/aromatic N) is 1. The van der Waals surface area contributed by atoms with Gasteiger partial charge >= 0.3 is 0 Å². The largest absolute Gasteiger partial charge is 0.326 e. The van der Waals surface area contributed by atoms with Crippen LogP contribution in [-0.2, 0) is 4.79 Å². The summed E-state index contributed by atoms with van der Waals surface area (Å²) < 4.78 is 1.98. The Morgan fingerprint density at radius 1 is 1.04 bits per heavy atom. The molecule has 2 amide bonds. The van der Waals surface area contributed by atoms with Gasteiger partial charge in [0, 0.05) is 28.1 Å². The van der Waals surface area contributed by atoms with Gasteiger partial charge in [-0.15, -0.1) is 11.3 Å². The van der Waals surface area contributed by atoms with Crippen LogP contribution in [-0.4, -0.2) is 16.8 Å². The fraction of sp³-hybridized carbons (Fsp3) is 0.0556. The van der Waals surface area contributed by atoms with E-state index in [-0.39, 0.29) is 11.8 Å². The number of fused-ring (bicyclic) bond motifs is 2. The molecule has 0 spiro atoms. The summed E-state index contributed by atoms with van der Waals surface area (Å²) in [6, 6.07) is 13.3. The molecule has 25 heavy (non-hydrogen) atoms. The monoisotopic (exact) mass is 367 g/mol. The highest BCUT2D eigenvalue weighted by molar-refractivity contribution is 7.22. The second kappa shape index (κ2) is 6.27. The lowest BCUT2D eigenvalue weighted by atomic mass is 10.2. The lowest BCUT2D eigenvalue weighted by Gasteiger charge is -2.00. The van der Waals surface area contributed by atoms with Crippen molar-refractivity contribution in [2.24, 2.45) is 0 Å². The van der Waals surface area contributed by atoms with E-state index in [1.54, 1.807) is 17.4 Å². The fourth-order valence-electron chi connectivity index (χ4n) is 2.58. The van der Waals surface area contributed by atoms with Crippen LogP contribution in [0.15, 0.2) is 47.8 Å². The van der Waals surface area contributed by atoms with Crippen molar-refractivity contribution in [3.8, 4) is 0 Å². The number of carbonyl (C=O) groups is 2. The average molecular weight is 367 g/mol. The van der Waals surface area contributed by atoms with Gasteiger partial charge in [0.15, 0.2) is 5.13 Å². The normalized spacial score (nSPS) is 10.9. The molecule has 4 aromatic rings. The Kier molecular flexibility index (Phi) is 3.95. The second-order valence-electron chi connectivity index (χ2n) is 5.48. The zero-order valence-electron chi connectivity index (χ0n) is 13.2. The number of rotatable bonds is 3. The van der Waals surface area contributed by atoms with Gasteiger partial charge in [0.05, 0.1) is 15.8 Å². The maximum Gasteiger partial charge on any atom is 0.258 e. The molecule has 124 valence electrons. The molecule has 2 aromatic heterocycles. The van der Waals surface area contributed by atoms with E-state index < -0.39 is 0 Å². The van der Waals surface area contributed by atoms with Gasteiger partial charge in [0.2, 0.25) is 5.91 Å². The van der Waals surface area contributed by atoms with Crippen molar-refractivity contribution in [1.29, 1.82) is 0 Å². The molecule has 0 bridgehead atoms. The molecule has 7 heteroatoms.